The van der Waals surface area contributed by atoms with Crippen LogP contribution in [0.25, 0.3) is 0 Å². The number of nitrogens with zero attached hydrogens (tertiary/aromatic N) is 2. The van der Waals surface area contributed by atoms with Crippen LogP contribution in [0.3, 0.4) is 0 Å². The molecule has 1 aliphatic heterocycles. The summed E-state index contributed by atoms with van der Waals surface area (Å²) >= 11 is 0. The van der Waals surface area contributed by atoms with Gasteiger partial charge in [0, 0.05) is 18.3 Å². The maximum atomic E-state index is 8.86. The van der Waals surface area contributed by atoms with Crippen LogP contribution in [0.1, 0.15) is 31.7 Å². The highest BCUT2D eigenvalue weighted by molar-refractivity contribution is 5.52. The first-order valence-corrected chi connectivity index (χ1v) is 5.62. The van der Waals surface area contributed by atoms with E-state index in [4.69, 9.17) is 5.26 Å². The number of hydrogen-bond acceptors (Lipinski definition) is 2. The molecule has 2 rings (SSSR count). The van der Waals surface area contributed by atoms with Gasteiger partial charge >= 0.3 is 0 Å². The number of rotatable bonds is 2. The van der Waals surface area contributed by atoms with Gasteiger partial charge in [-0.1, -0.05) is 13.0 Å². The van der Waals surface area contributed by atoms with Crippen molar-refractivity contribution in [3.8, 4) is 6.07 Å². The molecular weight excluding hydrogens is 184 g/mol. The van der Waals surface area contributed by atoms with Crippen LogP contribution >= 0.6 is 0 Å². The molecule has 1 aromatic rings. The Labute approximate surface area is 91.1 Å². The van der Waals surface area contributed by atoms with Crippen LogP contribution in [0.15, 0.2) is 24.3 Å². The van der Waals surface area contributed by atoms with Crippen molar-refractivity contribution in [1.82, 2.24) is 0 Å². The van der Waals surface area contributed by atoms with Crippen LogP contribution in [0, 0.1) is 11.3 Å². The summed E-state index contributed by atoms with van der Waals surface area (Å²) in [6, 6.07) is 10.8. The average molecular weight is 200 g/mol. The number of anilines is 1. The lowest BCUT2D eigenvalue weighted by molar-refractivity contribution is 0.645. The summed E-state index contributed by atoms with van der Waals surface area (Å²) in [6.45, 7) is 3.37. The fourth-order valence-electron chi connectivity index (χ4n) is 2.35. The summed E-state index contributed by atoms with van der Waals surface area (Å²) in [6.07, 6.45) is 3.75. The standard InChI is InChI=1S/C13H16N2/c1-2-12-7-4-8-15(12)13-6-3-5-11(9-13)10-14/h3,5-6,9,12H,2,4,7-8H2,1H3. The van der Waals surface area contributed by atoms with E-state index in [9.17, 15) is 0 Å². The lowest BCUT2D eigenvalue weighted by Crippen LogP contribution is -2.28. The first-order chi connectivity index (χ1) is 7.35. The topological polar surface area (TPSA) is 27.0 Å². The zero-order chi connectivity index (χ0) is 10.7. The molecule has 15 heavy (non-hydrogen) atoms. The molecule has 0 saturated carbocycles. The van der Waals surface area contributed by atoms with E-state index in [0.717, 1.165) is 12.1 Å². The van der Waals surface area contributed by atoms with Gasteiger partial charge in [-0.2, -0.15) is 5.26 Å². The van der Waals surface area contributed by atoms with Gasteiger partial charge < -0.3 is 4.90 Å². The van der Waals surface area contributed by atoms with Crippen LogP contribution in [-0.2, 0) is 0 Å². The highest BCUT2D eigenvalue weighted by Crippen LogP contribution is 2.27. The van der Waals surface area contributed by atoms with E-state index < -0.39 is 0 Å². The Bertz CT molecular complexity index is 378. The van der Waals surface area contributed by atoms with Crippen molar-refractivity contribution in [2.45, 2.75) is 32.2 Å². The maximum absolute atomic E-state index is 8.86. The molecule has 0 spiro atoms. The van der Waals surface area contributed by atoms with Crippen LogP contribution in [0.2, 0.25) is 0 Å². The zero-order valence-electron chi connectivity index (χ0n) is 9.11. The second-order valence-electron chi connectivity index (χ2n) is 4.06. The first kappa shape index (κ1) is 10.0. The van der Waals surface area contributed by atoms with Crippen LogP contribution < -0.4 is 4.90 Å². The molecule has 2 heteroatoms. The minimum absolute atomic E-state index is 0.666. The summed E-state index contributed by atoms with van der Waals surface area (Å²) in [5.41, 5.74) is 1.97. The molecule has 1 aliphatic rings. The third-order valence-corrected chi connectivity index (χ3v) is 3.16. The Morgan fingerprint density at radius 2 is 2.40 bits per heavy atom. The summed E-state index contributed by atoms with van der Waals surface area (Å²) < 4.78 is 0. The van der Waals surface area contributed by atoms with Crippen LogP contribution in [-0.4, -0.2) is 12.6 Å². The molecule has 1 unspecified atom stereocenters. The van der Waals surface area contributed by atoms with Crippen molar-refractivity contribution >= 4 is 5.69 Å². The predicted octanol–water partition coefficient (Wildman–Crippen LogP) is 2.94. The minimum atomic E-state index is 0.666. The molecule has 1 aromatic carbocycles. The fourth-order valence-corrected chi connectivity index (χ4v) is 2.35. The Hall–Kier alpha value is -1.49. The molecule has 1 fully saturated rings. The van der Waals surface area contributed by atoms with Gasteiger partial charge in [0.15, 0.2) is 0 Å². The number of nitriles is 1. The number of hydrogen-bond donors (Lipinski definition) is 0. The van der Waals surface area contributed by atoms with Crippen LogP contribution in [0.5, 0.6) is 0 Å². The molecular formula is C13H16N2. The molecule has 0 amide bonds. The second-order valence-corrected chi connectivity index (χ2v) is 4.06. The molecule has 2 nitrogen and oxygen atoms in total. The molecule has 1 atom stereocenters. The van der Waals surface area contributed by atoms with Gasteiger partial charge in [-0.3, -0.25) is 0 Å². The largest absolute Gasteiger partial charge is 0.369 e. The summed E-state index contributed by atoms with van der Waals surface area (Å²) in [5, 5.41) is 8.86. The third kappa shape index (κ3) is 1.97. The van der Waals surface area contributed by atoms with E-state index in [1.807, 2.05) is 18.2 Å². The van der Waals surface area contributed by atoms with Crippen molar-refractivity contribution in [1.29, 1.82) is 5.26 Å². The smallest absolute Gasteiger partial charge is 0.0992 e. The Morgan fingerprint density at radius 3 is 3.13 bits per heavy atom. The van der Waals surface area contributed by atoms with E-state index in [2.05, 4.69) is 24.0 Å². The summed E-state index contributed by atoms with van der Waals surface area (Å²) in [5.74, 6) is 0. The normalized spacial score (nSPS) is 20.3. The van der Waals surface area contributed by atoms with Crippen molar-refractivity contribution in [2.24, 2.45) is 0 Å². The van der Waals surface area contributed by atoms with E-state index in [0.29, 0.717) is 6.04 Å². The highest BCUT2D eigenvalue weighted by Gasteiger charge is 2.22. The molecule has 0 N–H and O–H groups in total. The van der Waals surface area contributed by atoms with Gasteiger partial charge in [0.05, 0.1) is 11.6 Å². The molecule has 0 radical (unpaired) electrons. The SMILES string of the molecule is CCC1CCCN1c1cccc(C#N)c1. The minimum Gasteiger partial charge on any atom is -0.369 e. The second kappa shape index (κ2) is 4.35. The maximum Gasteiger partial charge on any atom is 0.0992 e. The lowest BCUT2D eigenvalue weighted by Gasteiger charge is -2.25. The number of benzene rings is 1. The van der Waals surface area contributed by atoms with E-state index >= 15 is 0 Å². The zero-order valence-corrected chi connectivity index (χ0v) is 9.11. The Morgan fingerprint density at radius 1 is 1.53 bits per heavy atom. The van der Waals surface area contributed by atoms with Gasteiger partial charge in [-0.25, -0.2) is 0 Å². The molecule has 78 valence electrons. The summed E-state index contributed by atoms with van der Waals surface area (Å²) in [4.78, 5) is 2.43. The molecule has 1 heterocycles. The van der Waals surface area contributed by atoms with Crippen molar-refractivity contribution in [2.75, 3.05) is 11.4 Å². The van der Waals surface area contributed by atoms with Gasteiger partial charge in [0.2, 0.25) is 0 Å². The van der Waals surface area contributed by atoms with Gasteiger partial charge in [0.25, 0.3) is 0 Å². The van der Waals surface area contributed by atoms with E-state index in [1.54, 1.807) is 0 Å². The van der Waals surface area contributed by atoms with Crippen molar-refractivity contribution in [3.05, 3.63) is 29.8 Å². The first-order valence-electron chi connectivity index (χ1n) is 5.62. The molecule has 1 saturated heterocycles. The van der Waals surface area contributed by atoms with Crippen molar-refractivity contribution in [3.63, 3.8) is 0 Å². The third-order valence-electron chi connectivity index (χ3n) is 3.16. The van der Waals surface area contributed by atoms with Gasteiger partial charge in [-0.15, -0.1) is 0 Å². The van der Waals surface area contributed by atoms with Crippen LogP contribution in [0.4, 0.5) is 5.69 Å². The van der Waals surface area contributed by atoms with Gasteiger partial charge in [0.1, 0.15) is 0 Å². The molecule has 0 aromatic heterocycles. The predicted molar refractivity (Wildman–Crippen MR) is 61.8 cm³/mol. The van der Waals surface area contributed by atoms with E-state index in [-0.39, 0.29) is 0 Å². The monoisotopic (exact) mass is 200 g/mol. The fraction of sp³-hybridized carbons (Fsp3) is 0.462. The van der Waals surface area contributed by atoms with Gasteiger partial charge in [-0.05, 0) is 37.5 Å². The lowest BCUT2D eigenvalue weighted by atomic mass is 10.1. The Kier molecular flexibility index (Phi) is 2.91. The molecule has 0 bridgehead atoms. The van der Waals surface area contributed by atoms with E-state index in [1.165, 1.54) is 24.9 Å². The highest BCUT2D eigenvalue weighted by atomic mass is 15.2. The Balaban J connectivity index is 2.25. The summed E-state index contributed by atoms with van der Waals surface area (Å²) in [7, 11) is 0. The quantitative estimate of drug-likeness (QED) is 0.734. The average Bonchev–Trinajstić information content (AvgIpc) is 2.77. The molecule has 0 aliphatic carbocycles. The van der Waals surface area contributed by atoms with Crippen molar-refractivity contribution < 1.29 is 0 Å².